The van der Waals surface area contributed by atoms with Crippen LogP contribution in [0.15, 0.2) is 79.3 Å². The smallest absolute Gasteiger partial charge is 0.0891 e. The fourth-order valence-corrected chi connectivity index (χ4v) is 3.41. The second-order valence-electron chi connectivity index (χ2n) is 5.84. The van der Waals surface area contributed by atoms with E-state index in [4.69, 9.17) is 0 Å². The van der Waals surface area contributed by atoms with E-state index in [1.807, 2.05) is 0 Å². The van der Waals surface area contributed by atoms with Gasteiger partial charge in [0.15, 0.2) is 0 Å². The van der Waals surface area contributed by atoms with Crippen LogP contribution in [0.1, 0.15) is 0 Å². The van der Waals surface area contributed by atoms with Crippen LogP contribution >= 0.6 is 0 Å². The molecule has 0 N–H and O–H groups in total. The Morgan fingerprint density at radius 2 is 1.25 bits per heavy atom. The third-order valence-electron chi connectivity index (χ3n) is 4.49. The first-order chi connectivity index (χ1) is 11.9. The van der Waals surface area contributed by atoms with E-state index < -0.39 is 0 Å². The number of benzene rings is 4. The van der Waals surface area contributed by atoms with Crippen LogP contribution in [-0.2, 0) is 0 Å². The monoisotopic (exact) mass is 305 g/mol. The molecule has 0 saturated heterocycles. The minimum absolute atomic E-state index is 0.844. The molecule has 1 aromatic heterocycles. The van der Waals surface area contributed by atoms with Gasteiger partial charge in [0.2, 0.25) is 0 Å². The molecule has 0 spiro atoms. The van der Waals surface area contributed by atoms with Gasteiger partial charge in [0, 0.05) is 24.0 Å². The summed E-state index contributed by atoms with van der Waals surface area (Å²) in [5, 5.41) is 7.36. The lowest BCUT2D eigenvalue weighted by atomic mass is 9.93. The van der Waals surface area contributed by atoms with Crippen LogP contribution in [-0.4, -0.2) is 9.97 Å². The minimum Gasteiger partial charge on any atom is -0.261 e. The zero-order valence-electron chi connectivity index (χ0n) is 12.9. The lowest BCUT2D eigenvalue weighted by molar-refractivity contribution is 1.21. The molecule has 4 aromatic carbocycles. The highest BCUT2D eigenvalue weighted by Crippen LogP contribution is 2.36. The molecule has 5 aromatic rings. The van der Waals surface area contributed by atoms with Crippen molar-refractivity contribution in [2.75, 3.05) is 0 Å². The van der Waals surface area contributed by atoms with E-state index in [2.05, 4.69) is 76.7 Å². The van der Waals surface area contributed by atoms with Gasteiger partial charge in [-0.2, -0.15) is 0 Å². The first-order valence-electron chi connectivity index (χ1n) is 7.94. The predicted molar refractivity (Wildman–Crippen MR) is 98.8 cm³/mol. The fourth-order valence-electron chi connectivity index (χ4n) is 3.41. The van der Waals surface area contributed by atoms with Crippen LogP contribution in [0.5, 0.6) is 0 Å². The Bertz CT molecular complexity index is 1160. The summed E-state index contributed by atoms with van der Waals surface area (Å²) in [6, 6.07) is 24.9. The topological polar surface area (TPSA) is 25.8 Å². The summed E-state index contributed by atoms with van der Waals surface area (Å²) in [6.45, 7) is 0. The maximum atomic E-state index is 4.40. The van der Waals surface area contributed by atoms with Gasteiger partial charge in [-0.25, -0.2) is 0 Å². The number of aromatic nitrogens is 2. The van der Waals surface area contributed by atoms with Crippen molar-refractivity contribution in [3.8, 4) is 11.3 Å². The highest BCUT2D eigenvalue weighted by molar-refractivity contribution is 6.25. The maximum absolute atomic E-state index is 4.40. The van der Waals surface area contributed by atoms with Crippen LogP contribution in [0.4, 0.5) is 0 Å². The standard InChI is InChI=1S/C22H13N2/c1-2-7-18-16(5-1)17-6-3-4-8-19(17)21-13-15(9-10-20(18)21)22-14-23-11-12-24-22/h1-12,14H. The molecule has 0 aliphatic rings. The summed E-state index contributed by atoms with van der Waals surface area (Å²) >= 11 is 0. The van der Waals surface area contributed by atoms with Gasteiger partial charge in [0.1, 0.15) is 0 Å². The molecule has 0 bridgehead atoms. The van der Waals surface area contributed by atoms with E-state index in [1.165, 1.54) is 26.9 Å². The molecule has 2 heteroatoms. The first kappa shape index (κ1) is 13.2. The Morgan fingerprint density at radius 3 is 1.92 bits per heavy atom. The third kappa shape index (κ3) is 1.90. The maximum Gasteiger partial charge on any atom is 0.0891 e. The minimum atomic E-state index is 0.844. The number of rotatable bonds is 1. The molecule has 111 valence electrons. The van der Waals surface area contributed by atoms with E-state index in [-0.39, 0.29) is 0 Å². The number of fused-ring (bicyclic) bond motifs is 6. The van der Waals surface area contributed by atoms with Gasteiger partial charge in [-0.1, -0.05) is 60.7 Å². The van der Waals surface area contributed by atoms with E-state index in [1.54, 1.807) is 18.6 Å². The predicted octanol–water partition coefficient (Wildman–Crippen LogP) is 5.40. The van der Waals surface area contributed by atoms with Crippen molar-refractivity contribution in [3.63, 3.8) is 0 Å². The molecule has 0 aliphatic heterocycles. The summed E-state index contributed by atoms with van der Waals surface area (Å²) in [4.78, 5) is 8.58. The molecule has 0 fully saturated rings. The van der Waals surface area contributed by atoms with Crippen molar-refractivity contribution < 1.29 is 0 Å². The molecule has 0 atom stereocenters. The quantitative estimate of drug-likeness (QED) is 0.387. The number of hydrogen-bond donors (Lipinski definition) is 0. The highest BCUT2D eigenvalue weighted by Gasteiger charge is 2.09. The molecule has 5 rings (SSSR count). The van der Waals surface area contributed by atoms with Crippen molar-refractivity contribution in [1.82, 2.24) is 9.97 Å². The average Bonchev–Trinajstić information content (AvgIpc) is 2.68. The largest absolute Gasteiger partial charge is 0.261 e. The molecule has 24 heavy (non-hydrogen) atoms. The zero-order chi connectivity index (χ0) is 15.9. The van der Waals surface area contributed by atoms with Crippen molar-refractivity contribution in [1.29, 1.82) is 0 Å². The van der Waals surface area contributed by atoms with Gasteiger partial charge in [-0.05, 0) is 32.3 Å². The molecule has 1 radical (unpaired) electrons. The molecule has 1 heterocycles. The Labute approximate surface area is 139 Å². The van der Waals surface area contributed by atoms with Gasteiger partial charge in [0.25, 0.3) is 0 Å². The second kappa shape index (κ2) is 5.14. The SMILES string of the molecule is [c]1c(-c2cnccn2)ccc2c1c1ccccc1c1ccccc21. The molecular formula is C22H13N2. The van der Waals surface area contributed by atoms with Crippen LogP contribution in [0.2, 0.25) is 0 Å². The van der Waals surface area contributed by atoms with Crippen LogP contribution < -0.4 is 0 Å². The Kier molecular flexibility index (Phi) is 2.83. The summed E-state index contributed by atoms with van der Waals surface area (Å²) in [5.74, 6) is 0. The van der Waals surface area contributed by atoms with E-state index in [0.29, 0.717) is 0 Å². The molecule has 0 saturated carbocycles. The summed E-state index contributed by atoms with van der Waals surface area (Å²) in [7, 11) is 0. The van der Waals surface area contributed by atoms with Gasteiger partial charge in [-0.3, -0.25) is 9.97 Å². The van der Waals surface area contributed by atoms with Gasteiger partial charge in [-0.15, -0.1) is 0 Å². The molecule has 0 aliphatic carbocycles. The van der Waals surface area contributed by atoms with E-state index >= 15 is 0 Å². The van der Waals surface area contributed by atoms with Crippen LogP contribution in [0.25, 0.3) is 43.6 Å². The highest BCUT2D eigenvalue weighted by atomic mass is 14.8. The molecule has 0 unspecified atom stereocenters. The van der Waals surface area contributed by atoms with Crippen LogP contribution in [0.3, 0.4) is 0 Å². The summed E-state index contributed by atoms with van der Waals surface area (Å²) in [5.41, 5.74) is 1.81. The Hall–Kier alpha value is -3.26. The fraction of sp³-hybridized carbons (Fsp3) is 0. The van der Waals surface area contributed by atoms with Crippen molar-refractivity contribution in [2.45, 2.75) is 0 Å². The average molecular weight is 305 g/mol. The van der Waals surface area contributed by atoms with Gasteiger partial charge in [0.05, 0.1) is 11.9 Å². The van der Waals surface area contributed by atoms with Crippen LogP contribution in [0, 0.1) is 6.07 Å². The van der Waals surface area contributed by atoms with Gasteiger partial charge >= 0.3 is 0 Å². The van der Waals surface area contributed by atoms with Crippen molar-refractivity contribution in [2.24, 2.45) is 0 Å². The Morgan fingerprint density at radius 1 is 0.625 bits per heavy atom. The second-order valence-corrected chi connectivity index (χ2v) is 5.84. The van der Waals surface area contributed by atoms with Gasteiger partial charge < -0.3 is 0 Å². The number of hydrogen-bond acceptors (Lipinski definition) is 2. The molecule has 0 amide bonds. The van der Waals surface area contributed by atoms with E-state index in [9.17, 15) is 0 Å². The molecular weight excluding hydrogens is 292 g/mol. The number of nitrogens with zero attached hydrogens (tertiary/aromatic N) is 2. The van der Waals surface area contributed by atoms with Crippen molar-refractivity contribution in [3.05, 3.63) is 85.3 Å². The van der Waals surface area contributed by atoms with E-state index in [0.717, 1.165) is 16.6 Å². The summed E-state index contributed by atoms with van der Waals surface area (Å²) in [6.07, 6.45) is 5.18. The third-order valence-corrected chi connectivity index (χ3v) is 4.49. The Balaban J connectivity index is 1.96. The first-order valence-corrected chi connectivity index (χ1v) is 7.94. The molecule has 2 nitrogen and oxygen atoms in total. The lowest BCUT2D eigenvalue weighted by Gasteiger charge is -2.11. The normalized spacial score (nSPS) is 11.3. The summed E-state index contributed by atoms with van der Waals surface area (Å²) < 4.78 is 0. The van der Waals surface area contributed by atoms with Crippen molar-refractivity contribution >= 4 is 32.3 Å². The zero-order valence-corrected chi connectivity index (χ0v) is 12.9. The lowest BCUT2D eigenvalue weighted by Crippen LogP contribution is -1.87.